The first-order chi connectivity index (χ1) is 8.69. The summed E-state index contributed by atoms with van der Waals surface area (Å²) < 4.78 is 22.2. The molecule has 0 radical (unpaired) electrons. The van der Waals surface area contributed by atoms with E-state index in [4.69, 9.17) is 10.8 Å². The van der Waals surface area contributed by atoms with Crippen molar-refractivity contribution in [2.24, 2.45) is 5.73 Å². The zero-order valence-corrected chi connectivity index (χ0v) is 10.5. The number of urea groups is 1. The number of nitrogens with two attached hydrogens (primary N) is 1. The van der Waals surface area contributed by atoms with Crippen LogP contribution >= 0.6 is 0 Å². The van der Waals surface area contributed by atoms with Crippen molar-refractivity contribution in [2.45, 2.75) is 18.5 Å². The third-order valence-corrected chi connectivity index (χ3v) is 3.65. The smallest absolute Gasteiger partial charge is 0.326 e. The summed E-state index contributed by atoms with van der Waals surface area (Å²) in [5.74, 6) is -2.58. The monoisotopic (exact) mass is 291 g/mol. The number of primary amides is 1. The molecule has 0 saturated heterocycles. The maximum Gasteiger partial charge on any atom is 0.326 e. The Balaban J connectivity index is 2.52. The fourth-order valence-corrected chi connectivity index (χ4v) is 2.67. The van der Waals surface area contributed by atoms with Crippen molar-refractivity contribution in [3.63, 3.8) is 0 Å². The molecule has 10 heteroatoms. The number of carbonyl (C=O) groups excluding carboxylic acids is 2. The molecule has 0 saturated carbocycles. The molecule has 2 atom stereocenters. The first kappa shape index (κ1) is 15.0. The van der Waals surface area contributed by atoms with E-state index in [2.05, 4.69) is 5.32 Å². The van der Waals surface area contributed by atoms with Gasteiger partial charge in [-0.2, -0.15) is 0 Å². The highest BCUT2D eigenvalue weighted by atomic mass is 32.2. The fourth-order valence-electron chi connectivity index (χ4n) is 1.44. The molecule has 0 aliphatic carbocycles. The molecular weight excluding hydrogens is 278 g/mol. The molecule has 0 bridgehead atoms. The SMILES string of the molecule is NC(=O)C[C@H](NC(=O)NC1C=CS(=O)(=O)C1)C(=O)O. The molecule has 106 valence electrons. The largest absolute Gasteiger partial charge is 0.480 e. The van der Waals surface area contributed by atoms with E-state index >= 15 is 0 Å². The third kappa shape index (κ3) is 4.95. The third-order valence-electron chi connectivity index (χ3n) is 2.26. The Kier molecular flexibility index (Phi) is 4.48. The average Bonchev–Trinajstić information content (AvgIpc) is 2.56. The molecule has 0 fully saturated rings. The first-order valence-corrected chi connectivity index (χ1v) is 6.90. The van der Waals surface area contributed by atoms with Gasteiger partial charge >= 0.3 is 12.0 Å². The molecule has 9 nitrogen and oxygen atoms in total. The Morgan fingerprint density at radius 2 is 2.05 bits per heavy atom. The normalized spacial score (nSPS) is 21.6. The predicted molar refractivity (Wildman–Crippen MR) is 63.6 cm³/mol. The van der Waals surface area contributed by atoms with E-state index in [1.165, 1.54) is 6.08 Å². The van der Waals surface area contributed by atoms with Gasteiger partial charge in [0.2, 0.25) is 5.91 Å². The molecule has 0 aromatic carbocycles. The Hall–Kier alpha value is -2.10. The Bertz CT molecular complexity index is 526. The summed E-state index contributed by atoms with van der Waals surface area (Å²) in [5, 5.41) is 14.0. The van der Waals surface area contributed by atoms with Gasteiger partial charge in [-0.1, -0.05) is 0 Å². The minimum absolute atomic E-state index is 0.284. The highest BCUT2D eigenvalue weighted by Crippen LogP contribution is 2.07. The number of carboxylic acids is 1. The van der Waals surface area contributed by atoms with Gasteiger partial charge in [0, 0.05) is 5.41 Å². The van der Waals surface area contributed by atoms with Gasteiger partial charge in [0.25, 0.3) is 0 Å². The first-order valence-electron chi connectivity index (χ1n) is 5.19. The van der Waals surface area contributed by atoms with E-state index in [1.54, 1.807) is 0 Å². The molecule has 0 aromatic heterocycles. The van der Waals surface area contributed by atoms with Crippen molar-refractivity contribution in [1.29, 1.82) is 0 Å². The quantitative estimate of drug-likeness (QED) is 0.455. The summed E-state index contributed by atoms with van der Waals surface area (Å²) in [6, 6.07) is -3.08. The number of hydrogen-bond acceptors (Lipinski definition) is 5. The van der Waals surface area contributed by atoms with Crippen molar-refractivity contribution in [3.05, 3.63) is 11.5 Å². The van der Waals surface area contributed by atoms with Crippen LogP contribution in [-0.2, 0) is 19.4 Å². The van der Waals surface area contributed by atoms with E-state index in [9.17, 15) is 22.8 Å². The van der Waals surface area contributed by atoms with Crippen LogP contribution < -0.4 is 16.4 Å². The summed E-state index contributed by atoms with van der Waals surface area (Å²) in [4.78, 5) is 32.8. The lowest BCUT2D eigenvalue weighted by molar-refractivity contribution is -0.140. The van der Waals surface area contributed by atoms with Gasteiger partial charge < -0.3 is 21.5 Å². The maximum absolute atomic E-state index is 11.4. The Labute approximate surface area is 108 Å². The second-order valence-electron chi connectivity index (χ2n) is 3.94. The topological polar surface area (TPSA) is 156 Å². The minimum Gasteiger partial charge on any atom is -0.480 e. The number of carboxylic acid groups (broad SMARTS) is 1. The average molecular weight is 291 g/mol. The molecule has 1 heterocycles. The van der Waals surface area contributed by atoms with E-state index in [-0.39, 0.29) is 5.75 Å². The summed E-state index contributed by atoms with van der Waals surface area (Å²) in [6.45, 7) is 0. The summed E-state index contributed by atoms with van der Waals surface area (Å²) >= 11 is 0. The molecule has 1 unspecified atom stereocenters. The second kappa shape index (κ2) is 5.69. The van der Waals surface area contributed by atoms with E-state index in [1.807, 2.05) is 5.32 Å². The molecule has 0 aromatic rings. The predicted octanol–water partition coefficient (Wildman–Crippen LogP) is -2.08. The van der Waals surface area contributed by atoms with Gasteiger partial charge in [-0.15, -0.1) is 0 Å². The molecule has 1 rings (SSSR count). The lowest BCUT2D eigenvalue weighted by Crippen LogP contribution is -2.50. The number of sulfone groups is 1. The molecule has 19 heavy (non-hydrogen) atoms. The van der Waals surface area contributed by atoms with Crippen LogP contribution in [-0.4, -0.2) is 49.3 Å². The van der Waals surface area contributed by atoms with Crippen LogP contribution in [0.25, 0.3) is 0 Å². The number of hydrogen-bond donors (Lipinski definition) is 4. The zero-order chi connectivity index (χ0) is 14.6. The standard InChI is InChI=1S/C9H13N3O6S/c10-7(13)3-6(8(14)15)12-9(16)11-5-1-2-19(17,18)4-5/h1-2,5-6H,3-4H2,(H2,10,13)(H,14,15)(H2,11,12,16)/t5?,6-/m0/s1. The van der Waals surface area contributed by atoms with Gasteiger partial charge in [0.05, 0.1) is 18.2 Å². The van der Waals surface area contributed by atoms with Crippen LogP contribution in [0.2, 0.25) is 0 Å². The molecule has 1 aliphatic rings. The Morgan fingerprint density at radius 3 is 2.47 bits per heavy atom. The van der Waals surface area contributed by atoms with Gasteiger partial charge in [0.1, 0.15) is 6.04 Å². The lowest BCUT2D eigenvalue weighted by Gasteiger charge is -2.15. The molecule has 5 N–H and O–H groups in total. The van der Waals surface area contributed by atoms with Crippen LogP contribution in [0.3, 0.4) is 0 Å². The number of amides is 3. The van der Waals surface area contributed by atoms with Crippen molar-refractivity contribution in [2.75, 3.05) is 5.75 Å². The lowest BCUT2D eigenvalue weighted by atomic mass is 10.2. The van der Waals surface area contributed by atoms with E-state index in [0.29, 0.717) is 0 Å². The van der Waals surface area contributed by atoms with E-state index in [0.717, 1.165) is 5.41 Å². The van der Waals surface area contributed by atoms with Gasteiger partial charge in [-0.3, -0.25) is 4.79 Å². The van der Waals surface area contributed by atoms with Crippen LogP contribution in [0.4, 0.5) is 4.79 Å². The molecule has 0 spiro atoms. The van der Waals surface area contributed by atoms with Gasteiger partial charge in [0.15, 0.2) is 9.84 Å². The molecular formula is C9H13N3O6S. The van der Waals surface area contributed by atoms with Gasteiger partial charge in [-0.05, 0) is 6.08 Å². The highest BCUT2D eigenvalue weighted by molar-refractivity contribution is 7.94. The highest BCUT2D eigenvalue weighted by Gasteiger charge is 2.26. The number of carbonyl (C=O) groups is 3. The second-order valence-corrected chi connectivity index (χ2v) is 5.87. The van der Waals surface area contributed by atoms with Crippen LogP contribution in [0, 0.1) is 0 Å². The summed E-state index contributed by atoms with van der Waals surface area (Å²) in [7, 11) is -3.32. The number of rotatable bonds is 5. The van der Waals surface area contributed by atoms with E-state index < -0.39 is 46.2 Å². The summed E-state index contributed by atoms with van der Waals surface area (Å²) in [5.41, 5.74) is 4.84. The van der Waals surface area contributed by atoms with Crippen LogP contribution in [0.1, 0.15) is 6.42 Å². The fraction of sp³-hybridized carbons (Fsp3) is 0.444. The minimum atomic E-state index is -3.32. The van der Waals surface area contributed by atoms with Crippen molar-refractivity contribution >= 4 is 27.7 Å². The maximum atomic E-state index is 11.4. The van der Waals surface area contributed by atoms with Crippen LogP contribution in [0.5, 0.6) is 0 Å². The van der Waals surface area contributed by atoms with Gasteiger partial charge in [-0.25, -0.2) is 18.0 Å². The number of aliphatic carboxylic acids is 1. The molecule has 3 amide bonds. The van der Waals surface area contributed by atoms with Crippen LogP contribution in [0.15, 0.2) is 11.5 Å². The zero-order valence-electron chi connectivity index (χ0n) is 9.70. The summed E-state index contributed by atoms with van der Waals surface area (Å²) in [6.07, 6.45) is 0.723. The van der Waals surface area contributed by atoms with Crippen molar-refractivity contribution in [1.82, 2.24) is 10.6 Å². The van der Waals surface area contributed by atoms with Crippen molar-refractivity contribution < 1.29 is 27.9 Å². The number of nitrogens with one attached hydrogen (secondary N) is 2. The Morgan fingerprint density at radius 1 is 1.42 bits per heavy atom. The van der Waals surface area contributed by atoms with Crippen molar-refractivity contribution in [3.8, 4) is 0 Å². The molecule has 1 aliphatic heterocycles.